The Morgan fingerprint density at radius 2 is 1.03 bits per heavy atom. The van der Waals surface area contributed by atoms with Gasteiger partial charge in [0.25, 0.3) is 6.71 Å². The van der Waals surface area contributed by atoms with Crippen LogP contribution in [0.15, 0.2) is 97.1 Å². The predicted molar refractivity (Wildman–Crippen MR) is 303 cm³/mol. The highest BCUT2D eigenvalue weighted by Gasteiger charge is 2.48. The summed E-state index contributed by atoms with van der Waals surface area (Å²) in [6.45, 7) is 41.0. The molecule has 0 atom stereocenters. The Morgan fingerprint density at radius 1 is 0.507 bits per heavy atom. The van der Waals surface area contributed by atoms with Gasteiger partial charge in [-0.2, -0.15) is 0 Å². The van der Waals surface area contributed by atoms with Crippen molar-refractivity contribution in [3.63, 3.8) is 0 Å². The lowest BCUT2D eigenvalue weighted by molar-refractivity contribution is 0.332. The van der Waals surface area contributed by atoms with E-state index in [1.807, 2.05) is 0 Å². The Morgan fingerprint density at radius 3 is 1.62 bits per heavy atom. The maximum absolute atomic E-state index is 2.74. The minimum Gasteiger partial charge on any atom is -0.311 e. The molecule has 2 nitrogen and oxygen atoms in total. The summed E-state index contributed by atoms with van der Waals surface area (Å²) in [4.78, 5) is 5.42. The normalized spacial score (nSPS) is 18.4. The van der Waals surface area contributed by atoms with Crippen molar-refractivity contribution in [1.82, 2.24) is 0 Å². The van der Waals surface area contributed by atoms with E-state index in [-0.39, 0.29) is 39.2 Å². The molecule has 2 aliphatic heterocycles. The lowest BCUT2D eigenvalue weighted by Crippen LogP contribution is -2.60. The maximum Gasteiger partial charge on any atom is 0.264 e. The molecule has 4 heteroatoms. The zero-order chi connectivity index (χ0) is 49.3. The Hall–Kier alpha value is -5.06. The standard InChI is InChI=1S/C65H75BN2S/c1-38-31-53-57-54(32-38)68(51-25-21-41(60(4,5)6)33-44(51)56-39(2)19-18-20-40(56)3)52-26-22-42(61(7,8)9)34-50(52)66(57)59-58(45-36-48-49(37-55(45)69-59)65(16,17)30-29-64(48,14)15)67(53)43-23-24-46-47(35-43)63(12,13)28-27-62(46,10)11/h18-26,31-37H,27-30H2,1-17H3. The van der Waals surface area contributed by atoms with Gasteiger partial charge in [-0.15, -0.1) is 11.3 Å². The first-order chi connectivity index (χ1) is 32.2. The summed E-state index contributed by atoms with van der Waals surface area (Å²) in [5, 5.41) is 1.40. The number of fused-ring (bicyclic) bond motifs is 8. The molecule has 0 saturated carbocycles. The zero-order valence-corrected chi connectivity index (χ0v) is 45.8. The van der Waals surface area contributed by atoms with Gasteiger partial charge in [-0.3, -0.25) is 0 Å². The van der Waals surface area contributed by atoms with Gasteiger partial charge in [-0.1, -0.05) is 139 Å². The molecule has 6 aromatic carbocycles. The Labute approximate surface area is 419 Å². The van der Waals surface area contributed by atoms with Crippen molar-refractivity contribution >= 4 is 78.0 Å². The Kier molecular flexibility index (Phi) is 10.1. The molecule has 0 amide bonds. The van der Waals surface area contributed by atoms with Crippen LogP contribution in [-0.4, -0.2) is 6.71 Å². The highest BCUT2D eigenvalue weighted by Crippen LogP contribution is 2.55. The second kappa shape index (κ2) is 15.0. The minimum atomic E-state index is -0.0301. The van der Waals surface area contributed by atoms with Crippen LogP contribution >= 0.6 is 11.3 Å². The first-order valence-corrected chi connectivity index (χ1v) is 26.9. The number of anilines is 6. The van der Waals surface area contributed by atoms with Crippen molar-refractivity contribution in [3.05, 3.63) is 147 Å². The van der Waals surface area contributed by atoms with E-state index in [9.17, 15) is 0 Å². The van der Waals surface area contributed by atoms with Crippen LogP contribution in [0.2, 0.25) is 0 Å². The third-order valence-corrected chi connectivity index (χ3v) is 18.8. The van der Waals surface area contributed by atoms with Crippen LogP contribution in [0.5, 0.6) is 0 Å². The van der Waals surface area contributed by atoms with E-state index in [0.717, 1.165) is 0 Å². The predicted octanol–water partition coefficient (Wildman–Crippen LogP) is 16.9. The molecule has 0 spiro atoms. The van der Waals surface area contributed by atoms with E-state index in [1.54, 1.807) is 0 Å². The molecule has 0 N–H and O–H groups in total. The molecule has 0 saturated heterocycles. The first kappa shape index (κ1) is 46.3. The van der Waals surface area contributed by atoms with Gasteiger partial charge in [0.15, 0.2) is 0 Å². The van der Waals surface area contributed by atoms with E-state index in [1.165, 1.54) is 147 Å². The quantitative estimate of drug-likeness (QED) is 0.163. The van der Waals surface area contributed by atoms with Gasteiger partial charge >= 0.3 is 0 Å². The second-order valence-electron chi connectivity index (χ2n) is 26.6. The molecule has 3 heterocycles. The average molecular weight is 927 g/mol. The fraction of sp³-hybridized carbons (Fsp3) is 0.415. The van der Waals surface area contributed by atoms with Crippen LogP contribution in [0.4, 0.5) is 34.1 Å². The maximum atomic E-state index is 2.74. The fourth-order valence-electron chi connectivity index (χ4n) is 13.0. The summed E-state index contributed by atoms with van der Waals surface area (Å²) >= 11 is 2.07. The van der Waals surface area contributed by atoms with E-state index in [0.29, 0.717) is 0 Å². The molecule has 1 aromatic heterocycles. The number of thiophene rings is 1. The number of rotatable bonds is 3. The third kappa shape index (κ3) is 7.06. The van der Waals surface area contributed by atoms with E-state index < -0.39 is 0 Å². The number of hydrogen-bond donors (Lipinski definition) is 0. The Balaban J connectivity index is 1.28. The van der Waals surface area contributed by atoms with Crippen LogP contribution in [-0.2, 0) is 32.5 Å². The lowest BCUT2D eigenvalue weighted by atomic mass is 9.36. The molecule has 2 aliphatic carbocycles. The van der Waals surface area contributed by atoms with Gasteiger partial charge < -0.3 is 9.80 Å². The fourth-order valence-corrected chi connectivity index (χ4v) is 14.4. The first-order valence-electron chi connectivity index (χ1n) is 26.0. The van der Waals surface area contributed by atoms with Crippen molar-refractivity contribution in [3.8, 4) is 11.1 Å². The highest BCUT2D eigenvalue weighted by atomic mass is 32.1. The van der Waals surface area contributed by atoms with Gasteiger partial charge in [0.05, 0.1) is 11.4 Å². The van der Waals surface area contributed by atoms with Gasteiger partial charge in [-0.05, 0) is 200 Å². The molecule has 354 valence electrons. The summed E-state index contributed by atoms with van der Waals surface area (Å²) in [5.41, 5.74) is 26.2. The van der Waals surface area contributed by atoms with E-state index in [4.69, 9.17) is 0 Å². The number of benzene rings is 6. The summed E-state index contributed by atoms with van der Waals surface area (Å²) in [6.07, 6.45) is 4.78. The number of aryl methyl sites for hydroxylation is 3. The summed E-state index contributed by atoms with van der Waals surface area (Å²) in [6, 6.07) is 39.6. The largest absolute Gasteiger partial charge is 0.311 e. The highest BCUT2D eigenvalue weighted by molar-refractivity contribution is 7.33. The van der Waals surface area contributed by atoms with Crippen LogP contribution in [0.25, 0.3) is 21.2 Å². The molecule has 7 aromatic rings. The van der Waals surface area contributed by atoms with Gasteiger partial charge in [0.2, 0.25) is 0 Å². The topological polar surface area (TPSA) is 6.48 Å². The monoisotopic (exact) mass is 927 g/mol. The summed E-state index contributed by atoms with van der Waals surface area (Å²) in [5.74, 6) is 0. The van der Waals surface area contributed by atoms with Crippen molar-refractivity contribution in [2.45, 2.75) is 176 Å². The minimum absolute atomic E-state index is 0.0146. The molecule has 0 fully saturated rings. The van der Waals surface area contributed by atoms with Crippen LogP contribution in [0.1, 0.15) is 173 Å². The summed E-state index contributed by atoms with van der Waals surface area (Å²) < 4.78 is 2.87. The molecular weight excluding hydrogens is 852 g/mol. The van der Waals surface area contributed by atoms with Crippen molar-refractivity contribution in [2.75, 3.05) is 9.80 Å². The number of nitrogens with zero attached hydrogens (tertiary/aromatic N) is 2. The summed E-state index contributed by atoms with van der Waals surface area (Å²) in [7, 11) is 0. The molecule has 0 radical (unpaired) electrons. The average Bonchev–Trinajstić information content (AvgIpc) is 3.64. The van der Waals surface area contributed by atoms with Gasteiger partial charge in [0, 0.05) is 43.2 Å². The van der Waals surface area contributed by atoms with Crippen LogP contribution in [0, 0.1) is 20.8 Å². The van der Waals surface area contributed by atoms with Crippen molar-refractivity contribution in [1.29, 1.82) is 0 Å². The lowest BCUT2D eigenvalue weighted by Gasteiger charge is -2.45. The van der Waals surface area contributed by atoms with E-state index in [2.05, 4.69) is 236 Å². The molecule has 0 bridgehead atoms. The number of hydrogen-bond acceptors (Lipinski definition) is 3. The van der Waals surface area contributed by atoms with Crippen molar-refractivity contribution in [2.24, 2.45) is 0 Å². The van der Waals surface area contributed by atoms with Crippen LogP contribution < -0.4 is 25.5 Å². The van der Waals surface area contributed by atoms with E-state index >= 15 is 0 Å². The molecule has 4 aliphatic rings. The third-order valence-electron chi connectivity index (χ3n) is 17.6. The molecule has 69 heavy (non-hydrogen) atoms. The van der Waals surface area contributed by atoms with Gasteiger partial charge in [0.1, 0.15) is 0 Å². The van der Waals surface area contributed by atoms with Gasteiger partial charge in [-0.25, -0.2) is 0 Å². The Bertz CT molecular complexity index is 3280. The molecule has 11 rings (SSSR count). The SMILES string of the molecule is Cc1cc2c3c(c1)N(c1ccc4c(c1)C(C)(C)CCC4(C)C)c1c(sc4cc5c(cc14)C(C)(C)CCC5(C)C)B3c1cc(C(C)(C)C)ccc1N2c1ccc(C(C)(C)C)cc1-c1c(C)cccc1C. The van der Waals surface area contributed by atoms with Crippen molar-refractivity contribution < 1.29 is 0 Å². The van der Waals surface area contributed by atoms with Crippen LogP contribution in [0.3, 0.4) is 0 Å². The second-order valence-corrected chi connectivity index (χ2v) is 27.7. The molecule has 0 unspecified atom stereocenters. The zero-order valence-electron chi connectivity index (χ0n) is 44.9. The molecular formula is C65H75BN2S. The smallest absolute Gasteiger partial charge is 0.264 e.